The van der Waals surface area contributed by atoms with Gasteiger partial charge >= 0.3 is 0 Å². The Bertz CT molecular complexity index is 586. The van der Waals surface area contributed by atoms with Gasteiger partial charge in [0.2, 0.25) is 0 Å². The molecule has 18 heavy (non-hydrogen) atoms. The van der Waals surface area contributed by atoms with E-state index in [2.05, 4.69) is 43.8 Å². The van der Waals surface area contributed by atoms with Gasteiger partial charge in [-0.2, -0.15) is 0 Å². The highest BCUT2D eigenvalue weighted by molar-refractivity contribution is 14.1. The second-order valence-electron chi connectivity index (χ2n) is 3.59. The third-order valence-electron chi connectivity index (χ3n) is 2.28. The van der Waals surface area contributed by atoms with Crippen molar-refractivity contribution in [2.75, 3.05) is 5.32 Å². The van der Waals surface area contributed by atoms with E-state index < -0.39 is 0 Å². The lowest BCUT2D eigenvalue weighted by atomic mass is 10.2. The van der Waals surface area contributed by atoms with E-state index in [1.807, 2.05) is 24.3 Å². The van der Waals surface area contributed by atoms with Gasteiger partial charge in [-0.15, -0.1) is 0 Å². The topological polar surface area (TPSA) is 29.1 Å². The molecule has 0 saturated carbocycles. The molecule has 0 atom stereocenters. The second kappa shape index (κ2) is 5.79. The van der Waals surface area contributed by atoms with Gasteiger partial charge < -0.3 is 5.32 Å². The molecule has 0 aliphatic rings. The van der Waals surface area contributed by atoms with Crippen LogP contribution >= 0.6 is 38.5 Å². The van der Waals surface area contributed by atoms with Crippen molar-refractivity contribution in [2.24, 2.45) is 0 Å². The van der Waals surface area contributed by atoms with Crippen LogP contribution in [0.5, 0.6) is 0 Å². The lowest BCUT2D eigenvalue weighted by molar-refractivity contribution is 0.102. The van der Waals surface area contributed by atoms with Gasteiger partial charge in [-0.05, 0) is 81.0 Å². The summed E-state index contributed by atoms with van der Waals surface area (Å²) in [6.07, 6.45) is 0. The number of hydrogen-bond acceptors (Lipinski definition) is 1. The number of amides is 1. The minimum atomic E-state index is -0.388. The number of rotatable bonds is 2. The van der Waals surface area contributed by atoms with E-state index in [-0.39, 0.29) is 16.2 Å². The van der Waals surface area contributed by atoms with Crippen LogP contribution in [0.15, 0.2) is 46.9 Å². The van der Waals surface area contributed by atoms with Gasteiger partial charge in [0.1, 0.15) is 5.82 Å². The van der Waals surface area contributed by atoms with E-state index in [0.29, 0.717) is 11.3 Å². The highest BCUT2D eigenvalue weighted by Gasteiger charge is 2.08. The molecule has 2 rings (SSSR count). The predicted molar refractivity (Wildman–Crippen MR) is 81.2 cm³/mol. The normalized spacial score (nSPS) is 10.2. The molecule has 0 aliphatic heterocycles. The first-order chi connectivity index (χ1) is 8.56. The Balaban J connectivity index is 2.16. The van der Waals surface area contributed by atoms with Crippen molar-refractivity contribution in [3.8, 4) is 0 Å². The molecule has 0 aromatic heterocycles. The fourth-order valence-corrected chi connectivity index (χ4v) is 2.11. The minimum absolute atomic E-state index is 0.267. The van der Waals surface area contributed by atoms with Crippen LogP contribution < -0.4 is 5.32 Å². The second-order valence-corrected chi connectivity index (χ2v) is 5.69. The summed E-state index contributed by atoms with van der Waals surface area (Å²) in [5.41, 5.74) is 1.11. The molecule has 1 amide bonds. The van der Waals surface area contributed by atoms with Crippen LogP contribution in [0.1, 0.15) is 10.4 Å². The summed E-state index contributed by atoms with van der Waals surface area (Å²) < 4.78 is 14.4. The number of nitrogens with one attached hydrogen (secondary N) is 1. The van der Waals surface area contributed by atoms with Crippen LogP contribution in [0.3, 0.4) is 0 Å². The summed E-state index contributed by atoms with van der Waals surface area (Å²) in [6, 6.07) is 11.6. The van der Waals surface area contributed by atoms with Crippen molar-refractivity contribution in [3.63, 3.8) is 0 Å². The van der Waals surface area contributed by atoms with E-state index in [0.717, 1.165) is 3.57 Å². The Morgan fingerprint density at radius 3 is 2.44 bits per heavy atom. The van der Waals surface area contributed by atoms with Gasteiger partial charge in [0.05, 0.1) is 4.47 Å². The summed E-state index contributed by atoms with van der Waals surface area (Å²) in [7, 11) is 0. The first-order valence-corrected chi connectivity index (χ1v) is 6.95. The van der Waals surface area contributed by atoms with Gasteiger partial charge in [0, 0.05) is 14.8 Å². The van der Waals surface area contributed by atoms with Crippen LogP contribution in [-0.4, -0.2) is 5.91 Å². The molecular weight excluding hydrogens is 412 g/mol. The Morgan fingerprint density at radius 1 is 1.17 bits per heavy atom. The molecule has 0 heterocycles. The predicted octanol–water partition coefficient (Wildman–Crippen LogP) is 4.45. The van der Waals surface area contributed by atoms with Gasteiger partial charge in [0.25, 0.3) is 5.91 Å². The Morgan fingerprint density at radius 2 is 1.83 bits per heavy atom. The minimum Gasteiger partial charge on any atom is -0.322 e. The maximum absolute atomic E-state index is 13.1. The summed E-state index contributed by atoms with van der Waals surface area (Å²) in [5, 5.41) is 2.75. The van der Waals surface area contributed by atoms with Crippen molar-refractivity contribution in [2.45, 2.75) is 0 Å². The highest BCUT2D eigenvalue weighted by atomic mass is 127. The van der Waals surface area contributed by atoms with Gasteiger partial charge in [0.15, 0.2) is 0 Å². The van der Waals surface area contributed by atoms with Crippen molar-refractivity contribution >= 4 is 50.1 Å². The van der Waals surface area contributed by atoms with Crippen LogP contribution in [0.4, 0.5) is 10.1 Å². The average molecular weight is 420 g/mol. The smallest absolute Gasteiger partial charge is 0.255 e. The van der Waals surface area contributed by atoms with Crippen LogP contribution in [0.25, 0.3) is 0 Å². The third-order valence-corrected chi connectivity index (χ3v) is 3.61. The fraction of sp³-hybridized carbons (Fsp3) is 0. The molecule has 0 bridgehead atoms. The standard InChI is InChI=1S/C13H8BrFINO/c14-11-7-8(1-6-12(11)15)13(18)17-10-4-2-9(16)3-5-10/h1-7H,(H,17,18). The van der Waals surface area contributed by atoms with Crippen molar-refractivity contribution in [1.29, 1.82) is 0 Å². The first-order valence-electron chi connectivity index (χ1n) is 5.08. The molecule has 0 spiro atoms. The summed E-state index contributed by atoms with van der Waals surface area (Å²) >= 11 is 5.24. The molecular formula is C13H8BrFINO. The van der Waals surface area contributed by atoms with Crippen molar-refractivity contribution in [3.05, 3.63) is 61.9 Å². The summed E-state index contributed by atoms with van der Waals surface area (Å²) in [4.78, 5) is 11.9. The van der Waals surface area contributed by atoms with Gasteiger partial charge in [-0.3, -0.25) is 4.79 Å². The number of halogens is 3. The summed E-state index contributed by atoms with van der Waals surface area (Å²) in [5.74, 6) is -0.655. The molecule has 92 valence electrons. The molecule has 0 saturated heterocycles. The maximum Gasteiger partial charge on any atom is 0.255 e. The molecule has 1 N–H and O–H groups in total. The van der Waals surface area contributed by atoms with E-state index >= 15 is 0 Å². The lowest BCUT2D eigenvalue weighted by Gasteiger charge is -2.06. The van der Waals surface area contributed by atoms with Gasteiger partial charge in [-0.1, -0.05) is 0 Å². The van der Waals surface area contributed by atoms with E-state index in [4.69, 9.17) is 0 Å². The maximum atomic E-state index is 13.1. The molecule has 5 heteroatoms. The van der Waals surface area contributed by atoms with Crippen molar-refractivity contribution in [1.82, 2.24) is 0 Å². The molecule has 0 radical (unpaired) electrons. The van der Waals surface area contributed by atoms with Crippen LogP contribution in [0, 0.1) is 9.39 Å². The van der Waals surface area contributed by atoms with E-state index in [9.17, 15) is 9.18 Å². The number of carbonyl (C=O) groups excluding carboxylic acids is 1. The number of hydrogen-bond donors (Lipinski definition) is 1. The Hall–Kier alpha value is -0.950. The lowest BCUT2D eigenvalue weighted by Crippen LogP contribution is -2.11. The highest BCUT2D eigenvalue weighted by Crippen LogP contribution is 2.18. The Labute approximate surface area is 126 Å². The molecule has 2 nitrogen and oxygen atoms in total. The molecule has 0 aliphatic carbocycles. The summed E-state index contributed by atoms with van der Waals surface area (Å²) in [6.45, 7) is 0. The zero-order valence-corrected chi connectivity index (χ0v) is 12.8. The van der Waals surface area contributed by atoms with Gasteiger partial charge in [-0.25, -0.2) is 4.39 Å². The molecule has 2 aromatic carbocycles. The molecule has 2 aromatic rings. The quantitative estimate of drug-likeness (QED) is 0.716. The average Bonchev–Trinajstić information content (AvgIpc) is 2.35. The Kier molecular flexibility index (Phi) is 4.34. The zero-order chi connectivity index (χ0) is 13.1. The van der Waals surface area contributed by atoms with Crippen LogP contribution in [-0.2, 0) is 0 Å². The van der Waals surface area contributed by atoms with Crippen molar-refractivity contribution < 1.29 is 9.18 Å². The zero-order valence-electron chi connectivity index (χ0n) is 9.08. The number of benzene rings is 2. The van der Waals surface area contributed by atoms with E-state index in [1.165, 1.54) is 18.2 Å². The SMILES string of the molecule is O=C(Nc1ccc(I)cc1)c1ccc(F)c(Br)c1. The number of anilines is 1. The fourth-order valence-electron chi connectivity index (χ4n) is 1.37. The van der Waals surface area contributed by atoms with Crippen LogP contribution in [0.2, 0.25) is 0 Å². The molecule has 0 unspecified atom stereocenters. The third kappa shape index (κ3) is 3.29. The first kappa shape index (κ1) is 13.5. The monoisotopic (exact) mass is 419 g/mol. The number of carbonyl (C=O) groups is 1. The molecule has 0 fully saturated rings. The largest absolute Gasteiger partial charge is 0.322 e. The van der Waals surface area contributed by atoms with E-state index in [1.54, 1.807) is 0 Å².